The topological polar surface area (TPSA) is 47.3 Å². The van der Waals surface area contributed by atoms with Gasteiger partial charge in [0.2, 0.25) is 0 Å². The van der Waals surface area contributed by atoms with Gasteiger partial charge in [-0.15, -0.1) is 0 Å². The zero-order chi connectivity index (χ0) is 17.4. The Hall–Kier alpha value is -1.82. The molecule has 0 unspecified atom stereocenters. The lowest BCUT2D eigenvalue weighted by atomic mass is 10.0. The Bertz CT molecular complexity index is 602. The van der Waals surface area contributed by atoms with E-state index in [1.165, 1.54) is 12.1 Å². The van der Waals surface area contributed by atoms with Gasteiger partial charge in [0.05, 0.1) is 12.6 Å². The molecule has 0 heterocycles. The van der Waals surface area contributed by atoms with Crippen LogP contribution in [-0.2, 0) is 11.2 Å². The van der Waals surface area contributed by atoms with Crippen LogP contribution in [0.4, 0.5) is 8.78 Å². The first kappa shape index (κ1) is 18.5. The molecule has 129 valence electrons. The fraction of sp³-hybridized carbons (Fsp3) is 0.316. The summed E-state index contributed by atoms with van der Waals surface area (Å²) in [7, 11) is 1.66. The molecule has 2 rings (SSSR count). The summed E-state index contributed by atoms with van der Waals surface area (Å²) in [6.45, 7) is 1.12. The zero-order valence-electron chi connectivity index (χ0n) is 13.7. The fourth-order valence-electron chi connectivity index (χ4n) is 2.57. The third kappa shape index (κ3) is 6.00. The second-order valence-corrected chi connectivity index (χ2v) is 5.71. The number of hydrogen-bond acceptors (Lipinski definition) is 3. The van der Waals surface area contributed by atoms with Gasteiger partial charge in [-0.1, -0.05) is 30.3 Å². The van der Waals surface area contributed by atoms with Gasteiger partial charge in [0.25, 0.3) is 0 Å². The Morgan fingerprint density at radius 1 is 1.12 bits per heavy atom. The zero-order valence-corrected chi connectivity index (χ0v) is 13.7. The number of halogens is 2. The third-order valence-electron chi connectivity index (χ3n) is 3.71. The summed E-state index contributed by atoms with van der Waals surface area (Å²) >= 11 is 0. The van der Waals surface area contributed by atoms with Gasteiger partial charge in [-0.25, -0.2) is 8.78 Å². The molecule has 0 fully saturated rings. The molecule has 0 bridgehead atoms. The molecule has 3 nitrogen and oxygen atoms in total. The minimum Gasteiger partial charge on any atom is -0.383 e. The highest BCUT2D eigenvalue weighted by molar-refractivity contribution is 5.20. The van der Waals surface area contributed by atoms with Crippen LogP contribution in [0, 0.1) is 18.1 Å². The number of nitrogens with two attached hydrogens (primary N) is 1. The molecule has 2 aromatic carbocycles. The van der Waals surface area contributed by atoms with Crippen molar-refractivity contribution in [3.8, 4) is 0 Å². The Labute approximate surface area is 141 Å². The number of methoxy groups -OCH3 is 1. The highest BCUT2D eigenvalue weighted by Crippen LogP contribution is 2.13. The molecular formula is C19H23F2N2O. The van der Waals surface area contributed by atoms with Gasteiger partial charge in [0, 0.05) is 25.8 Å². The van der Waals surface area contributed by atoms with Crippen molar-refractivity contribution in [1.29, 1.82) is 0 Å². The molecule has 0 saturated carbocycles. The molecule has 5 heteroatoms. The summed E-state index contributed by atoms with van der Waals surface area (Å²) in [5.41, 5.74) is 7.71. The van der Waals surface area contributed by atoms with E-state index < -0.39 is 11.6 Å². The number of benzene rings is 2. The van der Waals surface area contributed by atoms with E-state index in [0.29, 0.717) is 25.1 Å². The van der Waals surface area contributed by atoms with Crippen molar-refractivity contribution in [3.05, 3.63) is 77.7 Å². The second-order valence-electron chi connectivity index (χ2n) is 5.71. The van der Waals surface area contributed by atoms with Crippen LogP contribution in [0.2, 0.25) is 0 Å². The molecule has 2 atom stereocenters. The van der Waals surface area contributed by atoms with Crippen molar-refractivity contribution in [2.45, 2.75) is 18.5 Å². The van der Waals surface area contributed by atoms with Crippen LogP contribution in [0.3, 0.4) is 0 Å². The highest BCUT2D eigenvalue weighted by atomic mass is 19.1. The Kier molecular flexibility index (Phi) is 7.31. The van der Waals surface area contributed by atoms with Crippen LogP contribution in [-0.4, -0.2) is 26.3 Å². The maximum atomic E-state index is 13.2. The van der Waals surface area contributed by atoms with Gasteiger partial charge in [-0.2, -0.15) is 0 Å². The van der Waals surface area contributed by atoms with Crippen LogP contribution >= 0.6 is 0 Å². The van der Waals surface area contributed by atoms with Gasteiger partial charge < -0.3 is 15.8 Å². The highest BCUT2D eigenvalue weighted by Gasteiger charge is 2.12. The first-order valence-corrected chi connectivity index (χ1v) is 7.89. The normalized spacial score (nSPS) is 13.7. The summed E-state index contributed by atoms with van der Waals surface area (Å²) in [5, 5.41) is 3.37. The first-order valence-electron chi connectivity index (χ1n) is 7.89. The lowest BCUT2D eigenvalue weighted by molar-refractivity contribution is 0.168. The van der Waals surface area contributed by atoms with E-state index >= 15 is 0 Å². The standard InChI is InChI=1S/C19H23F2N2O/c1-24-13-19(15-5-3-2-4-6-15)23-8-7-18(22)11-14-9-16(20)12-17(21)10-14/h2-7,9-10,12,18-19,23H,8,11,13,22H2,1H3/t18-,19+/m1/s1. The fourth-order valence-corrected chi connectivity index (χ4v) is 2.57. The maximum absolute atomic E-state index is 13.2. The predicted molar refractivity (Wildman–Crippen MR) is 91.4 cm³/mol. The molecule has 2 aromatic rings. The number of ether oxygens (including phenoxy) is 1. The number of rotatable bonds is 9. The van der Waals surface area contributed by atoms with E-state index in [1.807, 2.05) is 36.8 Å². The van der Waals surface area contributed by atoms with Crippen molar-refractivity contribution >= 4 is 0 Å². The molecule has 0 spiro atoms. The third-order valence-corrected chi connectivity index (χ3v) is 3.71. The lowest BCUT2D eigenvalue weighted by Crippen LogP contribution is -2.32. The van der Waals surface area contributed by atoms with Gasteiger partial charge >= 0.3 is 0 Å². The van der Waals surface area contributed by atoms with Crippen molar-refractivity contribution < 1.29 is 13.5 Å². The van der Waals surface area contributed by atoms with Crippen LogP contribution in [0.15, 0.2) is 48.5 Å². The summed E-state index contributed by atoms with van der Waals surface area (Å²) in [6, 6.07) is 13.2. The van der Waals surface area contributed by atoms with Gasteiger partial charge in [-0.3, -0.25) is 0 Å². The van der Waals surface area contributed by atoms with E-state index in [-0.39, 0.29) is 12.1 Å². The molecule has 3 N–H and O–H groups in total. The van der Waals surface area contributed by atoms with E-state index in [4.69, 9.17) is 10.5 Å². The molecule has 0 saturated heterocycles. The molecule has 0 aromatic heterocycles. The Morgan fingerprint density at radius 3 is 2.42 bits per heavy atom. The minimum absolute atomic E-state index is 0.0614. The number of nitrogens with one attached hydrogen (secondary N) is 1. The Balaban J connectivity index is 1.83. The summed E-state index contributed by atoms with van der Waals surface area (Å²) in [5.74, 6) is -1.17. The molecule has 1 radical (unpaired) electrons. The van der Waals surface area contributed by atoms with Gasteiger partial charge in [-0.05, 0) is 36.1 Å². The van der Waals surface area contributed by atoms with E-state index in [1.54, 1.807) is 7.11 Å². The predicted octanol–water partition coefficient (Wildman–Crippen LogP) is 3.02. The average molecular weight is 333 g/mol. The van der Waals surface area contributed by atoms with Gasteiger partial charge in [0.15, 0.2) is 0 Å². The minimum atomic E-state index is -0.584. The van der Waals surface area contributed by atoms with E-state index in [2.05, 4.69) is 5.32 Å². The van der Waals surface area contributed by atoms with Crippen LogP contribution in [0.5, 0.6) is 0 Å². The van der Waals surface area contributed by atoms with Crippen molar-refractivity contribution in [2.24, 2.45) is 5.73 Å². The molecule has 0 aliphatic rings. The van der Waals surface area contributed by atoms with Crippen molar-refractivity contribution in [1.82, 2.24) is 5.32 Å². The van der Waals surface area contributed by atoms with E-state index in [9.17, 15) is 8.78 Å². The number of hydrogen-bond donors (Lipinski definition) is 2. The summed E-state index contributed by atoms with van der Waals surface area (Å²) < 4.78 is 31.6. The average Bonchev–Trinajstić information content (AvgIpc) is 2.54. The maximum Gasteiger partial charge on any atom is 0.126 e. The van der Waals surface area contributed by atoms with Gasteiger partial charge in [0.1, 0.15) is 11.6 Å². The van der Waals surface area contributed by atoms with Crippen molar-refractivity contribution in [3.63, 3.8) is 0 Å². The molecule has 0 aliphatic heterocycles. The van der Waals surface area contributed by atoms with Crippen LogP contribution in [0.1, 0.15) is 17.2 Å². The molecule has 0 amide bonds. The molecular weight excluding hydrogens is 310 g/mol. The summed E-state index contributed by atoms with van der Waals surface area (Å²) in [6.07, 6.45) is 2.28. The van der Waals surface area contributed by atoms with Crippen LogP contribution < -0.4 is 11.1 Å². The van der Waals surface area contributed by atoms with E-state index in [0.717, 1.165) is 11.6 Å². The SMILES string of the molecule is COC[C@H](NC[CH][C@@H](N)Cc1cc(F)cc(F)c1)c1ccccc1. The van der Waals surface area contributed by atoms with Crippen molar-refractivity contribution in [2.75, 3.05) is 20.3 Å². The smallest absolute Gasteiger partial charge is 0.126 e. The quantitative estimate of drug-likeness (QED) is 0.741. The van der Waals surface area contributed by atoms with Crippen LogP contribution in [0.25, 0.3) is 0 Å². The Morgan fingerprint density at radius 2 is 1.79 bits per heavy atom. The molecule has 0 aliphatic carbocycles. The monoisotopic (exact) mass is 333 g/mol. The lowest BCUT2D eigenvalue weighted by Gasteiger charge is -2.20. The second kappa shape index (κ2) is 9.47. The summed E-state index contributed by atoms with van der Waals surface area (Å²) in [4.78, 5) is 0. The largest absolute Gasteiger partial charge is 0.383 e. The first-order chi connectivity index (χ1) is 11.6. The molecule has 24 heavy (non-hydrogen) atoms.